The Bertz CT molecular complexity index is 947. The quantitative estimate of drug-likeness (QED) is 0.679. The van der Waals surface area contributed by atoms with Gasteiger partial charge in [0.25, 0.3) is 5.91 Å². The van der Waals surface area contributed by atoms with Gasteiger partial charge in [-0.3, -0.25) is 4.79 Å². The van der Waals surface area contributed by atoms with E-state index in [1.165, 1.54) is 43.7 Å². The molecule has 0 atom stereocenters. The van der Waals surface area contributed by atoms with Crippen LogP contribution in [-0.4, -0.2) is 22.5 Å². The molecule has 28 heavy (non-hydrogen) atoms. The van der Waals surface area contributed by atoms with Crippen LogP contribution in [0.25, 0.3) is 10.9 Å². The maximum Gasteiger partial charge on any atom is 0.251 e. The van der Waals surface area contributed by atoms with Gasteiger partial charge >= 0.3 is 0 Å². The summed E-state index contributed by atoms with van der Waals surface area (Å²) in [4.78, 5) is 16.6. The van der Waals surface area contributed by atoms with Crippen LogP contribution in [0.4, 0.5) is 0 Å². The number of fused-ring (bicyclic) bond motifs is 1. The molecule has 1 amide bonds. The number of nitrogens with zero attached hydrogens (tertiary/aromatic N) is 1. The minimum absolute atomic E-state index is 0.00688. The number of carbonyl (C=O) groups excluding carboxylic acids is 1. The second-order valence-electron chi connectivity index (χ2n) is 7.86. The average molecular weight is 374 g/mol. The molecular formula is C24H26N2O2. The number of rotatable bonds is 5. The number of hydrogen-bond acceptors (Lipinski definition) is 3. The lowest BCUT2D eigenvalue weighted by atomic mass is 9.79. The van der Waals surface area contributed by atoms with Crippen molar-refractivity contribution < 1.29 is 9.90 Å². The number of benzene rings is 2. The van der Waals surface area contributed by atoms with Crippen LogP contribution in [0.1, 0.15) is 41.6 Å². The fourth-order valence-electron chi connectivity index (χ4n) is 4.18. The fourth-order valence-corrected chi connectivity index (χ4v) is 4.18. The van der Waals surface area contributed by atoms with E-state index in [9.17, 15) is 9.90 Å². The third-order valence-electron chi connectivity index (χ3n) is 5.82. The molecule has 1 aromatic heterocycles. The second-order valence-corrected chi connectivity index (χ2v) is 7.86. The number of hydrogen-bond donors (Lipinski definition) is 2. The van der Waals surface area contributed by atoms with Gasteiger partial charge in [0.2, 0.25) is 5.88 Å². The van der Waals surface area contributed by atoms with Crippen molar-refractivity contribution in [1.29, 1.82) is 0 Å². The van der Waals surface area contributed by atoms with Crippen molar-refractivity contribution in [3.05, 3.63) is 71.8 Å². The molecule has 0 saturated heterocycles. The highest BCUT2D eigenvalue weighted by Gasteiger charge is 2.22. The van der Waals surface area contributed by atoms with E-state index in [1.807, 2.05) is 6.07 Å². The zero-order chi connectivity index (χ0) is 19.3. The van der Waals surface area contributed by atoms with Gasteiger partial charge in [0.1, 0.15) is 0 Å². The van der Waals surface area contributed by atoms with Crippen LogP contribution in [0, 0.1) is 11.8 Å². The molecule has 2 N–H and O–H groups in total. The van der Waals surface area contributed by atoms with Gasteiger partial charge in [0, 0.05) is 23.6 Å². The molecule has 0 aliphatic heterocycles. The van der Waals surface area contributed by atoms with Crippen molar-refractivity contribution in [1.82, 2.24) is 10.3 Å². The molecule has 0 bridgehead atoms. The Morgan fingerprint density at radius 2 is 1.71 bits per heavy atom. The van der Waals surface area contributed by atoms with E-state index in [-0.39, 0.29) is 11.8 Å². The second kappa shape index (κ2) is 8.42. The number of aromatic hydroxyl groups is 1. The van der Waals surface area contributed by atoms with Crippen LogP contribution >= 0.6 is 0 Å². The van der Waals surface area contributed by atoms with E-state index in [0.717, 1.165) is 17.8 Å². The maximum atomic E-state index is 12.5. The van der Waals surface area contributed by atoms with Crippen molar-refractivity contribution in [2.24, 2.45) is 11.8 Å². The third-order valence-corrected chi connectivity index (χ3v) is 5.82. The van der Waals surface area contributed by atoms with Gasteiger partial charge in [0.15, 0.2) is 0 Å². The predicted molar refractivity (Wildman–Crippen MR) is 111 cm³/mol. The normalized spacial score (nSPS) is 19.4. The molecule has 3 aromatic rings. The fraction of sp³-hybridized carbons (Fsp3) is 0.333. The molecule has 1 fully saturated rings. The summed E-state index contributed by atoms with van der Waals surface area (Å²) in [7, 11) is 0. The minimum atomic E-state index is -0.0404. The van der Waals surface area contributed by atoms with Crippen LogP contribution in [0.3, 0.4) is 0 Å². The molecule has 0 spiro atoms. The number of pyridine rings is 1. The van der Waals surface area contributed by atoms with Crippen molar-refractivity contribution >= 4 is 16.8 Å². The number of amides is 1. The molecule has 4 rings (SSSR count). The van der Waals surface area contributed by atoms with E-state index < -0.39 is 0 Å². The lowest BCUT2D eigenvalue weighted by molar-refractivity contribution is 0.0941. The molecule has 0 radical (unpaired) electrons. The summed E-state index contributed by atoms with van der Waals surface area (Å²) in [5.41, 5.74) is 2.75. The predicted octanol–water partition coefficient (Wildman–Crippen LogP) is 4.72. The van der Waals surface area contributed by atoms with Crippen molar-refractivity contribution in [2.45, 2.75) is 32.1 Å². The summed E-state index contributed by atoms with van der Waals surface area (Å²) in [5.74, 6) is 1.28. The number of nitrogens with one attached hydrogen (secondary N) is 1. The van der Waals surface area contributed by atoms with Gasteiger partial charge in [0.05, 0.1) is 5.52 Å². The zero-order valence-electron chi connectivity index (χ0n) is 16.0. The minimum Gasteiger partial charge on any atom is -0.493 e. The van der Waals surface area contributed by atoms with Gasteiger partial charge < -0.3 is 10.4 Å². The Kier molecular flexibility index (Phi) is 5.56. The largest absolute Gasteiger partial charge is 0.493 e. The average Bonchev–Trinajstić information content (AvgIpc) is 2.73. The molecule has 2 aromatic carbocycles. The summed E-state index contributed by atoms with van der Waals surface area (Å²) in [6.45, 7) is 0.739. The lowest BCUT2D eigenvalue weighted by Gasteiger charge is -2.28. The Labute approximate surface area is 165 Å². The molecule has 4 nitrogen and oxygen atoms in total. The highest BCUT2D eigenvalue weighted by Crippen LogP contribution is 2.30. The van der Waals surface area contributed by atoms with Gasteiger partial charge in [-0.2, -0.15) is 0 Å². The van der Waals surface area contributed by atoms with Crippen LogP contribution in [0.2, 0.25) is 0 Å². The first kappa shape index (κ1) is 18.5. The van der Waals surface area contributed by atoms with Gasteiger partial charge in [-0.05, 0) is 73.8 Å². The smallest absolute Gasteiger partial charge is 0.251 e. The van der Waals surface area contributed by atoms with Gasteiger partial charge in [-0.15, -0.1) is 0 Å². The summed E-state index contributed by atoms with van der Waals surface area (Å²) in [6.07, 6.45) is 6.00. The van der Waals surface area contributed by atoms with E-state index in [2.05, 4.69) is 40.6 Å². The van der Waals surface area contributed by atoms with Crippen LogP contribution < -0.4 is 5.32 Å². The third kappa shape index (κ3) is 4.50. The lowest BCUT2D eigenvalue weighted by Crippen LogP contribution is -2.31. The van der Waals surface area contributed by atoms with Crippen molar-refractivity contribution in [2.75, 3.05) is 6.54 Å². The molecule has 1 aliphatic rings. The molecule has 0 unspecified atom stereocenters. The van der Waals surface area contributed by atoms with Crippen LogP contribution in [0.5, 0.6) is 5.88 Å². The van der Waals surface area contributed by atoms with E-state index >= 15 is 0 Å². The maximum absolute atomic E-state index is 12.5. The first-order chi connectivity index (χ1) is 13.7. The molecule has 144 valence electrons. The van der Waals surface area contributed by atoms with Crippen LogP contribution in [-0.2, 0) is 6.42 Å². The topological polar surface area (TPSA) is 62.2 Å². The summed E-state index contributed by atoms with van der Waals surface area (Å²) < 4.78 is 0. The first-order valence-electron chi connectivity index (χ1n) is 10.1. The summed E-state index contributed by atoms with van der Waals surface area (Å²) in [6, 6.07) is 19.4. The number of aromatic nitrogens is 1. The molecule has 1 aliphatic carbocycles. The zero-order valence-corrected chi connectivity index (χ0v) is 16.0. The van der Waals surface area contributed by atoms with E-state index in [0.29, 0.717) is 17.0 Å². The van der Waals surface area contributed by atoms with Crippen molar-refractivity contribution in [3.63, 3.8) is 0 Å². The van der Waals surface area contributed by atoms with Crippen molar-refractivity contribution in [3.8, 4) is 5.88 Å². The van der Waals surface area contributed by atoms with Crippen LogP contribution in [0.15, 0.2) is 60.7 Å². The van der Waals surface area contributed by atoms with Gasteiger partial charge in [-0.1, -0.05) is 30.3 Å². The first-order valence-corrected chi connectivity index (χ1v) is 10.1. The Balaban J connectivity index is 1.27. The molecule has 4 heteroatoms. The van der Waals surface area contributed by atoms with E-state index in [4.69, 9.17) is 0 Å². The molecular weight excluding hydrogens is 348 g/mol. The van der Waals surface area contributed by atoms with E-state index in [1.54, 1.807) is 18.2 Å². The Hall–Kier alpha value is -2.88. The SMILES string of the molecule is O=C(NC[C@H]1CC[C@@H](Cc2ccccc2)CC1)c1ccc2nc(O)ccc2c1. The monoisotopic (exact) mass is 374 g/mol. The number of carbonyl (C=O) groups is 1. The highest BCUT2D eigenvalue weighted by molar-refractivity contribution is 5.97. The standard InChI is InChI=1S/C24H26N2O2/c27-23-13-11-20-15-21(10-12-22(20)26-23)24(28)25-16-19-8-6-18(7-9-19)14-17-4-2-1-3-5-17/h1-5,10-13,15,18-19H,6-9,14,16H2,(H,25,28)(H,26,27)/t18-,19+. The Morgan fingerprint density at radius 3 is 2.50 bits per heavy atom. The Morgan fingerprint density at radius 1 is 0.964 bits per heavy atom. The van der Waals surface area contributed by atoms with Gasteiger partial charge in [-0.25, -0.2) is 4.98 Å². The highest BCUT2D eigenvalue weighted by atomic mass is 16.3. The summed E-state index contributed by atoms with van der Waals surface area (Å²) >= 11 is 0. The molecule has 1 saturated carbocycles. The molecule has 1 heterocycles. The summed E-state index contributed by atoms with van der Waals surface area (Å²) in [5, 5.41) is 13.4.